The van der Waals surface area contributed by atoms with Crippen molar-refractivity contribution in [3.05, 3.63) is 58.7 Å². The van der Waals surface area contributed by atoms with Crippen molar-refractivity contribution in [1.29, 1.82) is 0 Å². The molecule has 112 valence electrons. The van der Waals surface area contributed by atoms with Crippen LogP contribution in [0.25, 0.3) is 0 Å². The number of hydrogen-bond donors (Lipinski definition) is 4. The minimum atomic E-state index is -1.54. The summed E-state index contributed by atoms with van der Waals surface area (Å²) in [6.07, 6.45) is 0. The Morgan fingerprint density at radius 2 is 1.32 bits per heavy atom. The lowest BCUT2D eigenvalue weighted by atomic mass is 9.93. The first-order valence-corrected chi connectivity index (χ1v) is 6.12. The Bertz CT molecular complexity index is 781. The van der Waals surface area contributed by atoms with Gasteiger partial charge in [-0.25, -0.2) is 9.59 Å². The summed E-state index contributed by atoms with van der Waals surface area (Å²) >= 11 is 0. The average molecular weight is 300 g/mol. The first kappa shape index (κ1) is 15.0. The second-order valence-electron chi connectivity index (χ2n) is 4.51. The van der Waals surface area contributed by atoms with Crippen LogP contribution in [-0.2, 0) is 0 Å². The molecule has 0 atom stereocenters. The third kappa shape index (κ3) is 2.59. The van der Waals surface area contributed by atoms with Crippen molar-refractivity contribution in [1.82, 2.24) is 0 Å². The fraction of sp³-hybridized carbons (Fsp3) is 0. The van der Waals surface area contributed by atoms with Crippen LogP contribution >= 0.6 is 0 Å². The maximum Gasteiger partial charge on any atom is 0.338 e. The lowest BCUT2D eigenvalue weighted by Gasteiger charge is -2.11. The van der Waals surface area contributed by atoms with E-state index >= 15 is 0 Å². The van der Waals surface area contributed by atoms with E-state index in [1.165, 1.54) is 36.4 Å². The summed E-state index contributed by atoms with van der Waals surface area (Å²) in [6, 6.07) is 8.23. The number of ketones is 1. The number of carbonyl (C=O) groups excluding carboxylic acids is 1. The highest BCUT2D eigenvalue weighted by atomic mass is 16.4. The molecule has 0 heterocycles. The van der Waals surface area contributed by atoms with E-state index in [0.717, 1.165) is 0 Å². The summed E-state index contributed by atoms with van der Waals surface area (Å²) in [5.41, 5.74) is 9.98. The van der Waals surface area contributed by atoms with Crippen LogP contribution in [0.2, 0.25) is 0 Å². The fourth-order valence-electron chi connectivity index (χ4n) is 2.05. The monoisotopic (exact) mass is 300 g/mol. The number of carboxylic acid groups (broad SMARTS) is 2. The van der Waals surface area contributed by atoms with E-state index in [9.17, 15) is 19.5 Å². The molecule has 0 unspecified atom stereocenters. The summed E-state index contributed by atoms with van der Waals surface area (Å²) < 4.78 is 0. The molecule has 0 radical (unpaired) electrons. The molecule has 2 rings (SSSR count). The van der Waals surface area contributed by atoms with Gasteiger partial charge in [0.1, 0.15) is 0 Å². The van der Waals surface area contributed by atoms with Crippen molar-refractivity contribution in [3.63, 3.8) is 0 Å². The maximum atomic E-state index is 12.4. The Morgan fingerprint density at radius 3 is 1.82 bits per heavy atom. The Hall–Kier alpha value is -3.35. The van der Waals surface area contributed by atoms with Gasteiger partial charge in [-0.2, -0.15) is 0 Å². The molecule has 0 aliphatic carbocycles. The third-order valence-corrected chi connectivity index (χ3v) is 3.08. The number of carboxylic acids is 2. The summed E-state index contributed by atoms with van der Waals surface area (Å²) in [5.74, 6) is -3.68. The molecule has 0 spiro atoms. The molecule has 0 amide bonds. The number of rotatable bonds is 4. The van der Waals surface area contributed by atoms with Gasteiger partial charge in [-0.05, 0) is 36.4 Å². The van der Waals surface area contributed by atoms with Crippen LogP contribution in [-0.4, -0.2) is 27.9 Å². The van der Waals surface area contributed by atoms with Crippen LogP contribution in [0, 0.1) is 0 Å². The van der Waals surface area contributed by atoms with Gasteiger partial charge in [0.05, 0.1) is 11.1 Å². The molecule has 0 saturated carbocycles. The Balaban J connectivity index is 2.67. The van der Waals surface area contributed by atoms with Crippen LogP contribution in [0.1, 0.15) is 36.6 Å². The van der Waals surface area contributed by atoms with E-state index in [1.807, 2.05) is 0 Å². The first-order chi connectivity index (χ1) is 10.3. The average Bonchev–Trinajstić information content (AvgIpc) is 2.46. The Kier molecular flexibility index (Phi) is 3.81. The quantitative estimate of drug-likeness (QED) is 0.494. The van der Waals surface area contributed by atoms with E-state index in [0.29, 0.717) is 5.69 Å². The molecule has 2 aromatic rings. The molecule has 22 heavy (non-hydrogen) atoms. The number of hydrogen-bond acceptors (Lipinski definition) is 5. The molecule has 0 aliphatic heterocycles. The number of aromatic carboxylic acids is 2. The lowest BCUT2D eigenvalue weighted by Crippen LogP contribution is -2.17. The summed E-state index contributed by atoms with van der Waals surface area (Å²) in [4.78, 5) is 35.1. The standard InChI is InChI=1S/C15H12N2O5/c16-8-3-1-7(2-4-8)13(18)9-5-6-10(17)12(15(21)22)11(9)14(19)20/h1-6H,16-17H2,(H,19,20)(H,21,22). The van der Waals surface area contributed by atoms with E-state index in [2.05, 4.69) is 0 Å². The van der Waals surface area contributed by atoms with Crippen molar-refractivity contribution in [3.8, 4) is 0 Å². The smallest absolute Gasteiger partial charge is 0.338 e. The molecular formula is C15H12N2O5. The predicted octanol–water partition coefficient (Wildman–Crippen LogP) is 1.48. The van der Waals surface area contributed by atoms with Gasteiger partial charge >= 0.3 is 11.9 Å². The lowest BCUT2D eigenvalue weighted by molar-refractivity contribution is 0.0650. The van der Waals surface area contributed by atoms with Crippen LogP contribution in [0.4, 0.5) is 11.4 Å². The van der Waals surface area contributed by atoms with Crippen LogP contribution in [0.3, 0.4) is 0 Å². The maximum absolute atomic E-state index is 12.4. The van der Waals surface area contributed by atoms with Gasteiger partial charge in [-0.3, -0.25) is 4.79 Å². The van der Waals surface area contributed by atoms with Gasteiger partial charge in [0.15, 0.2) is 5.78 Å². The highest BCUT2D eigenvalue weighted by molar-refractivity contribution is 6.18. The molecule has 0 fully saturated rings. The molecule has 6 N–H and O–H groups in total. The molecule has 0 aromatic heterocycles. The van der Waals surface area contributed by atoms with E-state index in [-0.39, 0.29) is 16.8 Å². The number of nitrogen functional groups attached to an aromatic ring is 2. The predicted molar refractivity (Wildman–Crippen MR) is 79.1 cm³/mol. The van der Waals surface area contributed by atoms with E-state index in [1.54, 1.807) is 0 Å². The van der Waals surface area contributed by atoms with Gasteiger partial charge in [0.2, 0.25) is 0 Å². The Morgan fingerprint density at radius 1 is 0.773 bits per heavy atom. The summed E-state index contributed by atoms with van der Waals surface area (Å²) in [6.45, 7) is 0. The van der Waals surface area contributed by atoms with Crippen molar-refractivity contribution in [2.45, 2.75) is 0 Å². The topological polar surface area (TPSA) is 144 Å². The van der Waals surface area contributed by atoms with E-state index < -0.39 is 28.8 Å². The van der Waals surface area contributed by atoms with Crippen molar-refractivity contribution in [2.24, 2.45) is 0 Å². The summed E-state index contributed by atoms with van der Waals surface area (Å²) in [7, 11) is 0. The molecule has 7 nitrogen and oxygen atoms in total. The van der Waals surface area contributed by atoms with Gasteiger partial charge in [-0.1, -0.05) is 0 Å². The molecule has 0 saturated heterocycles. The molecule has 0 aliphatic rings. The molecule has 7 heteroatoms. The van der Waals surface area contributed by atoms with Gasteiger partial charge < -0.3 is 21.7 Å². The highest BCUT2D eigenvalue weighted by Crippen LogP contribution is 2.24. The fourth-order valence-corrected chi connectivity index (χ4v) is 2.05. The van der Waals surface area contributed by atoms with Crippen molar-refractivity contribution < 1.29 is 24.6 Å². The number of nitrogens with two attached hydrogens (primary N) is 2. The summed E-state index contributed by atoms with van der Waals surface area (Å²) in [5, 5.41) is 18.4. The zero-order chi connectivity index (χ0) is 16.4. The minimum Gasteiger partial charge on any atom is -0.478 e. The van der Waals surface area contributed by atoms with E-state index in [4.69, 9.17) is 16.6 Å². The van der Waals surface area contributed by atoms with Crippen LogP contribution < -0.4 is 11.5 Å². The Labute approximate surface area is 124 Å². The number of carbonyl (C=O) groups is 3. The number of anilines is 2. The second kappa shape index (κ2) is 5.57. The molecule has 2 aromatic carbocycles. The zero-order valence-corrected chi connectivity index (χ0v) is 11.2. The normalized spacial score (nSPS) is 10.2. The largest absolute Gasteiger partial charge is 0.478 e. The minimum absolute atomic E-state index is 0.192. The highest BCUT2D eigenvalue weighted by Gasteiger charge is 2.26. The SMILES string of the molecule is Nc1ccc(C(=O)c2ccc(N)c(C(=O)O)c2C(=O)O)cc1. The van der Waals surface area contributed by atoms with Gasteiger partial charge in [-0.15, -0.1) is 0 Å². The molecule has 0 bridgehead atoms. The van der Waals surface area contributed by atoms with Crippen molar-refractivity contribution >= 4 is 29.1 Å². The van der Waals surface area contributed by atoms with Crippen molar-refractivity contribution in [2.75, 3.05) is 11.5 Å². The molecular weight excluding hydrogens is 288 g/mol. The van der Waals surface area contributed by atoms with Crippen LogP contribution in [0.5, 0.6) is 0 Å². The first-order valence-electron chi connectivity index (χ1n) is 6.12. The zero-order valence-electron chi connectivity index (χ0n) is 11.2. The third-order valence-electron chi connectivity index (χ3n) is 3.08. The van der Waals surface area contributed by atoms with Crippen LogP contribution in [0.15, 0.2) is 36.4 Å². The van der Waals surface area contributed by atoms with Gasteiger partial charge in [0, 0.05) is 22.5 Å². The van der Waals surface area contributed by atoms with Gasteiger partial charge in [0.25, 0.3) is 0 Å². The second-order valence-corrected chi connectivity index (χ2v) is 4.51. The number of benzene rings is 2.